The first-order chi connectivity index (χ1) is 9.42. The molecule has 20 heavy (non-hydrogen) atoms. The molecule has 0 atom stereocenters. The van der Waals surface area contributed by atoms with E-state index in [1.54, 1.807) is 6.07 Å². The van der Waals surface area contributed by atoms with Gasteiger partial charge in [-0.1, -0.05) is 13.3 Å². The van der Waals surface area contributed by atoms with Crippen LogP contribution in [0.1, 0.15) is 35.9 Å². The maximum Gasteiger partial charge on any atom is 0.411 e. The predicted molar refractivity (Wildman–Crippen MR) is 66.4 cm³/mol. The largest absolute Gasteiger partial charge is 0.411 e. The van der Waals surface area contributed by atoms with Gasteiger partial charge in [-0.25, -0.2) is 0 Å². The lowest BCUT2D eigenvalue weighted by atomic mass is 10.2. The summed E-state index contributed by atoms with van der Waals surface area (Å²) in [7, 11) is 0. The second kappa shape index (κ2) is 7.88. The van der Waals surface area contributed by atoms with Crippen LogP contribution in [0.5, 0.6) is 0 Å². The third-order valence-electron chi connectivity index (χ3n) is 2.40. The van der Waals surface area contributed by atoms with Crippen molar-refractivity contribution in [1.29, 1.82) is 0 Å². The van der Waals surface area contributed by atoms with E-state index in [9.17, 15) is 18.0 Å². The fourth-order valence-electron chi connectivity index (χ4n) is 1.53. The van der Waals surface area contributed by atoms with E-state index in [1.165, 1.54) is 0 Å². The van der Waals surface area contributed by atoms with Crippen molar-refractivity contribution in [3.8, 4) is 0 Å². The lowest BCUT2D eigenvalue weighted by Crippen LogP contribution is -2.26. The maximum absolute atomic E-state index is 11.8. The van der Waals surface area contributed by atoms with Crippen LogP contribution in [-0.4, -0.2) is 42.0 Å². The Hall–Kier alpha value is -1.57. The molecule has 8 heteroatoms. The summed E-state index contributed by atoms with van der Waals surface area (Å²) in [5, 5.41) is 9.19. The number of nitrogens with zero attached hydrogens (tertiary/aromatic N) is 1. The van der Waals surface area contributed by atoms with E-state index in [-0.39, 0.29) is 24.8 Å². The molecule has 1 heterocycles. The monoisotopic (exact) mass is 293 g/mol. The number of nitrogens with one attached hydrogen (secondary N) is 2. The molecule has 0 saturated heterocycles. The number of rotatable bonds is 8. The molecular formula is C12H18F3N3O2. The zero-order valence-corrected chi connectivity index (χ0v) is 11.2. The highest BCUT2D eigenvalue weighted by molar-refractivity contribution is 5.92. The minimum atomic E-state index is -4.31. The number of H-pyrrole nitrogens is 1. The molecule has 1 rings (SSSR count). The van der Waals surface area contributed by atoms with Crippen LogP contribution >= 0.6 is 0 Å². The molecule has 2 N–H and O–H groups in total. The zero-order valence-electron chi connectivity index (χ0n) is 11.2. The second-order valence-electron chi connectivity index (χ2n) is 4.31. The highest BCUT2D eigenvalue weighted by atomic mass is 19.4. The Morgan fingerprint density at radius 3 is 2.90 bits per heavy atom. The first kappa shape index (κ1) is 16.5. The van der Waals surface area contributed by atoms with Gasteiger partial charge in [-0.15, -0.1) is 0 Å². The number of hydrogen-bond acceptors (Lipinski definition) is 3. The van der Waals surface area contributed by atoms with Crippen molar-refractivity contribution in [1.82, 2.24) is 15.5 Å². The number of alkyl halides is 3. The summed E-state index contributed by atoms with van der Waals surface area (Å²) in [4.78, 5) is 11.6. The number of ether oxygens (including phenoxy) is 1. The molecule has 0 spiro atoms. The van der Waals surface area contributed by atoms with E-state index in [0.717, 1.165) is 18.5 Å². The molecule has 114 valence electrons. The fourth-order valence-corrected chi connectivity index (χ4v) is 1.53. The number of carbonyl (C=O) groups is 1. The van der Waals surface area contributed by atoms with Crippen molar-refractivity contribution in [3.05, 3.63) is 17.5 Å². The first-order valence-electron chi connectivity index (χ1n) is 6.39. The summed E-state index contributed by atoms with van der Waals surface area (Å²) in [5.74, 6) is -0.348. The van der Waals surface area contributed by atoms with Crippen molar-refractivity contribution >= 4 is 5.91 Å². The van der Waals surface area contributed by atoms with E-state index in [2.05, 4.69) is 20.3 Å². The van der Waals surface area contributed by atoms with E-state index in [1.807, 2.05) is 6.92 Å². The highest BCUT2D eigenvalue weighted by Crippen LogP contribution is 2.14. The minimum Gasteiger partial charge on any atom is -0.372 e. The number of amides is 1. The van der Waals surface area contributed by atoms with Crippen LogP contribution in [0.25, 0.3) is 0 Å². The number of hydrogen-bond donors (Lipinski definition) is 2. The Morgan fingerprint density at radius 1 is 1.50 bits per heavy atom. The first-order valence-corrected chi connectivity index (χ1v) is 6.39. The molecular weight excluding hydrogens is 275 g/mol. The molecule has 0 aliphatic carbocycles. The summed E-state index contributed by atoms with van der Waals surface area (Å²) in [6.45, 7) is 0.941. The van der Waals surface area contributed by atoms with E-state index < -0.39 is 12.8 Å². The normalized spacial score (nSPS) is 11.6. The fraction of sp³-hybridized carbons (Fsp3) is 0.667. The van der Waals surface area contributed by atoms with Crippen molar-refractivity contribution < 1.29 is 22.7 Å². The molecule has 5 nitrogen and oxygen atoms in total. The van der Waals surface area contributed by atoms with Crippen LogP contribution in [0.4, 0.5) is 13.2 Å². The standard InChI is InChI=1S/C12H18F3N3O2/c1-2-4-9-7-10(18-17-9)11(19)16-5-3-6-20-8-12(13,14)15/h7H,2-6,8H2,1H3,(H,16,19)(H,17,18). The third-order valence-corrected chi connectivity index (χ3v) is 2.40. The van der Waals surface area contributed by atoms with Gasteiger partial charge in [-0.05, 0) is 18.9 Å². The van der Waals surface area contributed by atoms with Gasteiger partial charge in [0.05, 0.1) is 0 Å². The number of carbonyl (C=O) groups excluding carboxylic acids is 1. The number of aromatic amines is 1. The molecule has 0 radical (unpaired) electrons. The molecule has 0 unspecified atom stereocenters. The van der Waals surface area contributed by atoms with Crippen LogP contribution in [0.2, 0.25) is 0 Å². The summed E-state index contributed by atoms with van der Waals surface area (Å²) in [5.41, 5.74) is 1.16. The van der Waals surface area contributed by atoms with Gasteiger partial charge in [0.15, 0.2) is 0 Å². The van der Waals surface area contributed by atoms with E-state index >= 15 is 0 Å². The molecule has 0 aliphatic heterocycles. The van der Waals surface area contributed by atoms with Gasteiger partial charge in [-0.3, -0.25) is 9.89 Å². The number of aromatic nitrogens is 2. The summed E-state index contributed by atoms with van der Waals surface area (Å²) < 4.78 is 39.7. The Bertz CT molecular complexity index is 418. The Balaban J connectivity index is 2.16. The van der Waals surface area contributed by atoms with Gasteiger partial charge in [0.25, 0.3) is 5.91 Å². The maximum atomic E-state index is 11.8. The number of halogens is 3. The van der Waals surface area contributed by atoms with Gasteiger partial charge < -0.3 is 10.1 Å². The second-order valence-corrected chi connectivity index (χ2v) is 4.31. The van der Waals surface area contributed by atoms with Gasteiger partial charge >= 0.3 is 6.18 Å². The Morgan fingerprint density at radius 2 is 2.25 bits per heavy atom. The zero-order chi connectivity index (χ0) is 15.0. The van der Waals surface area contributed by atoms with Crippen LogP contribution in [0.15, 0.2) is 6.07 Å². The van der Waals surface area contributed by atoms with Gasteiger partial charge in [0, 0.05) is 18.8 Å². The van der Waals surface area contributed by atoms with Crippen LogP contribution < -0.4 is 5.32 Å². The van der Waals surface area contributed by atoms with Crippen LogP contribution in [-0.2, 0) is 11.2 Å². The molecule has 0 aromatic carbocycles. The van der Waals surface area contributed by atoms with E-state index in [0.29, 0.717) is 6.42 Å². The van der Waals surface area contributed by atoms with Crippen molar-refractivity contribution in [2.24, 2.45) is 0 Å². The molecule has 0 fully saturated rings. The smallest absolute Gasteiger partial charge is 0.372 e. The van der Waals surface area contributed by atoms with Crippen molar-refractivity contribution in [2.75, 3.05) is 19.8 Å². The SMILES string of the molecule is CCCc1cc(C(=O)NCCCOCC(F)(F)F)n[nH]1. The van der Waals surface area contributed by atoms with Gasteiger partial charge in [0.1, 0.15) is 12.3 Å². The lowest BCUT2D eigenvalue weighted by molar-refractivity contribution is -0.173. The predicted octanol–water partition coefficient (Wildman–Crippen LogP) is 2.06. The molecule has 0 aliphatic rings. The average molecular weight is 293 g/mol. The molecule has 0 saturated carbocycles. The van der Waals surface area contributed by atoms with Gasteiger partial charge in [0.2, 0.25) is 0 Å². The molecule has 1 aromatic heterocycles. The quantitative estimate of drug-likeness (QED) is 0.721. The average Bonchev–Trinajstić information content (AvgIpc) is 2.81. The van der Waals surface area contributed by atoms with Crippen LogP contribution in [0.3, 0.4) is 0 Å². The topological polar surface area (TPSA) is 67.0 Å². The highest BCUT2D eigenvalue weighted by Gasteiger charge is 2.27. The number of aryl methyl sites for hydroxylation is 1. The summed E-state index contributed by atoms with van der Waals surface area (Å²) in [6.07, 6.45) is -2.24. The minimum absolute atomic E-state index is 0.0541. The Labute approximate surface area is 114 Å². The molecule has 0 bridgehead atoms. The van der Waals surface area contributed by atoms with Crippen molar-refractivity contribution in [2.45, 2.75) is 32.4 Å². The molecule has 1 aromatic rings. The third kappa shape index (κ3) is 6.55. The molecule has 1 amide bonds. The Kier molecular flexibility index (Phi) is 6.50. The summed E-state index contributed by atoms with van der Waals surface area (Å²) in [6, 6.07) is 1.67. The lowest BCUT2D eigenvalue weighted by Gasteiger charge is -2.07. The van der Waals surface area contributed by atoms with Gasteiger partial charge in [-0.2, -0.15) is 18.3 Å². The summed E-state index contributed by atoms with van der Waals surface area (Å²) >= 11 is 0. The van der Waals surface area contributed by atoms with E-state index in [4.69, 9.17) is 0 Å². The van der Waals surface area contributed by atoms with Crippen LogP contribution in [0, 0.1) is 0 Å². The van der Waals surface area contributed by atoms with Crippen molar-refractivity contribution in [3.63, 3.8) is 0 Å².